The molecule has 0 atom stereocenters. The summed E-state index contributed by atoms with van der Waals surface area (Å²) in [4.78, 5) is 11.2. The number of ether oxygens (including phenoxy) is 1. The molecule has 0 aliphatic carbocycles. The van der Waals surface area contributed by atoms with E-state index in [2.05, 4.69) is 20.2 Å². The second-order valence-electron chi connectivity index (χ2n) is 5.07. The summed E-state index contributed by atoms with van der Waals surface area (Å²) in [6.45, 7) is 5.05. The maximum atomic E-state index is 6.01. The maximum Gasteiger partial charge on any atom is 0.229 e. The highest BCUT2D eigenvalue weighted by molar-refractivity contribution is 6.35. The molecule has 0 amide bonds. The van der Waals surface area contributed by atoms with E-state index < -0.39 is 0 Å². The van der Waals surface area contributed by atoms with Gasteiger partial charge in [0.25, 0.3) is 0 Å². The molecular formula is C15H16Cl2N4O. The number of benzene rings is 1. The first-order chi connectivity index (χ1) is 10.6. The summed E-state index contributed by atoms with van der Waals surface area (Å²) in [6.07, 6.45) is 0. The van der Waals surface area contributed by atoms with Gasteiger partial charge in [0, 0.05) is 40.6 Å². The van der Waals surface area contributed by atoms with Crippen molar-refractivity contribution in [1.29, 1.82) is 0 Å². The molecule has 7 heteroatoms. The van der Waals surface area contributed by atoms with E-state index in [-0.39, 0.29) is 0 Å². The number of rotatable bonds is 3. The average Bonchev–Trinajstić information content (AvgIpc) is 2.46. The molecular weight excluding hydrogens is 323 g/mol. The van der Waals surface area contributed by atoms with Crippen LogP contribution in [-0.2, 0) is 4.74 Å². The van der Waals surface area contributed by atoms with Gasteiger partial charge in [0.2, 0.25) is 5.95 Å². The largest absolute Gasteiger partial charge is 0.378 e. The lowest BCUT2D eigenvalue weighted by Crippen LogP contribution is -2.36. The maximum absolute atomic E-state index is 6.01. The first kappa shape index (κ1) is 15.3. The highest BCUT2D eigenvalue weighted by atomic mass is 35.5. The Bertz CT molecular complexity index is 654. The van der Waals surface area contributed by atoms with E-state index in [1.54, 1.807) is 18.2 Å². The molecule has 22 heavy (non-hydrogen) atoms. The predicted molar refractivity (Wildman–Crippen MR) is 89.5 cm³/mol. The van der Waals surface area contributed by atoms with E-state index in [1.165, 1.54) is 0 Å². The molecule has 2 heterocycles. The van der Waals surface area contributed by atoms with Crippen LogP contribution < -0.4 is 10.2 Å². The number of aryl methyl sites for hydroxylation is 1. The summed E-state index contributed by atoms with van der Waals surface area (Å²) in [5.74, 6) is 1.42. The van der Waals surface area contributed by atoms with Crippen molar-refractivity contribution < 1.29 is 4.74 Å². The summed E-state index contributed by atoms with van der Waals surface area (Å²) < 4.78 is 5.37. The van der Waals surface area contributed by atoms with Crippen molar-refractivity contribution in [3.8, 4) is 0 Å². The van der Waals surface area contributed by atoms with Crippen LogP contribution in [0.5, 0.6) is 0 Å². The first-order valence-corrected chi connectivity index (χ1v) is 7.77. The highest BCUT2D eigenvalue weighted by Crippen LogP contribution is 2.25. The van der Waals surface area contributed by atoms with Crippen LogP contribution in [-0.4, -0.2) is 36.3 Å². The number of aromatic nitrogens is 2. The van der Waals surface area contributed by atoms with Crippen molar-refractivity contribution in [2.75, 3.05) is 36.5 Å². The third-order valence-electron chi connectivity index (χ3n) is 3.29. The Morgan fingerprint density at radius 1 is 1.05 bits per heavy atom. The lowest BCUT2D eigenvalue weighted by Gasteiger charge is -2.28. The Labute approximate surface area is 139 Å². The number of hydrogen-bond acceptors (Lipinski definition) is 5. The molecule has 1 aromatic heterocycles. The van der Waals surface area contributed by atoms with Crippen LogP contribution in [0.15, 0.2) is 24.3 Å². The quantitative estimate of drug-likeness (QED) is 0.925. The van der Waals surface area contributed by atoms with Crippen molar-refractivity contribution in [3.05, 3.63) is 40.0 Å². The highest BCUT2D eigenvalue weighted by Gasteiger charge is 2.14. The van der Waals surface area contributed by atoms with Crippen LogP contribution in [0.2, 0.25) is 10.0 Å². The van der Waals surface area contributed by atoms with Gasteiger partial charge in [0.15, 0.2) is 0 Å². The SMILES string of the molecule is Cc1cc(N2CCOCC2)nc(Nc2cc(Cl)cc(Cl)c2)n1. The number of halogens is 2. The molecule has 116 valence electrons. The van der Waals surface area contributed by atoms with Crippen molar-refractivity contribution in [3.63, 3.8) is 0 Å². The molecule has 1 N–H and O–H groups in total. The van der Waals surface area contributed by atoms with Crippen LogP contribution in [0, 0.1) is 6.92 Å². The minimum atomic E-state index is 0.528. The van der Waals surface area contributed by atoms with Gasteiger partial charge in [-0.1, -0.05) is 23.2 Å². The predicted octanol–water partition coefficient (Wildman–Crippen LogP) is 3.67. The molecule has 0 spiro atoms. The van der Waals surface area contributed by atoms with E-state index >= 15 is 0 Å². The fraction of sp³-hybridized carbons (Fsp3) is 0.333. The van der Waals surface area contributed by atoms with Gasteiger partial charge in [-0.05, 0) is 25.1 Å². The van der Waals surface area contributed by atoms with Gasteiger partial charge in [0.05, 0.1) is 13.2 Å². The molecule has 1 saturated heterocycles. The van der Waals surface area contributed by atoms with Gasteiger partial charge in [-0.25, -0.2) is 4.98 Å². The number of morpholine rings is 1. The Kier molecular flexibility index (Phi) is 4.66. The normalized spacial score (nSPS) is 15.0. The van der Waals surface area contributed by atoms with Crippen LogP contribution in [0.1, 0.15) is 5.69 Å². The molecule has 1 aliphatic rings. The Hall–Kier alpha value is -1.56. The van der Waals surface area contributed by atoms with Crippen molar-refractivity contribution in [1.82, 2.24) is 9.97 Å². The Balaban J connectivity index is 1.85. The van der Waals surface area contributed by atoms with E-state index in [0.717, 1.165) is 43.5 Å². The fourth-order valence-electron chi connectivity index (χ4n) is 2.32. The second kappa shape index (κ2) is 6.69. The van der Waals surface area contributed by atoms with Gasteiger partial charge in [-0.3, -0.25) is 0 Å². The molecule has 3 rings (SSSR count). The third-order valence-corrected chi connectivity index (χ3v) is 3.73. The zero-order chi connectivity index (χ0) is 15.5. The Morgan fingerprint density at radius 3 is 2.41 bits per heavy atom. The van der Waals surface area contributed by atoms with Gasteiger partial charge in [-0.15, -0.1) is 0 Å². The van der Waals surface area contributed by atoms with E-state index in [1.807, 2.05) is 13.0 Å². The molecule has 0 saturated carbocycles. The number of nitrogens with zero attached hydrogens (tertiary/aromatic N) is 3. The Morgan fingerprint density at radius 2 is 1.73 bits per heavy atom. The molecule has 5 nitrogen and oxygen atoms in total. The van der Waals surface area contributed by atoms with Gasteiger partial charge in [0.1, 0.15) is 5.82 Å². The monoisotopic (exact) mass is 338 g/mol. The minimum Gasteiger partial charge on any atom is -0.378 e. The van der Waals surface area contributed by atoms with Crippen LogP contribution in [0.3, 0.4) is 0 Å². The lowest BCUT2D eigenvalue weighted by atomic mass is 10.3. The van der Waals surface area contributed by atoms with E-state index in [0.29, 0.717) is 16.0 Å². The standard InChI is InChI=1S/C15H16Cl2N4O/c1-10-6-14(21-2-4-22-5-3-21)20-15(18-10)19-13-8-11(16)7-12(17)9-13/h6-9H,2-5H2,1H3,(H,18,19,20). The lowest BCUT2D eigenvalue weighted by molar-refractivity contribution is 0.122. The molecule has 1 aliphatic heterocycles. The molecule has 0 unspecified atom stereocenters. The average molecular weight is 339 g/mol. The molecule has 0 radical (unpaired) electrons. The molecule has 1 fully saturated rings. The first-order valence-electron chi connectivity index (χ1n) is 7.02. The van der Waals surface area contributed by atoms with Crippen LogP contribution in [0.25, 0.3) is 0 Å². The molecule has 0 bridgehead atoms. The summed E-state index contributed by atoms with van der Waals surface area (Å²) in [6, 6.07) is 7.23. The molecule has 1 aromatic carbocycles. The summed E-state index contributed by atoms with van der Waals surface area (Å²) >= 11 is 12.0. The zero-order valence-electron chi connectivity index (χ0n) is 12.1. The zero-order valence-corrected chi connectivity index (χ0v) is 13.7. The summed E-state index contributed by atoms with van der Waals surface area (Å²) in [5.41, 5.74) is 1.66. The summed E-state index contributed by atoms with van der Waals surface area (Å²) in [5, 5.41) is 4.29. The van der Waals surface area contributed by atoms with E-state index in [4.69, 9.17) is 27.9 Å². The number of hydrogen-bond donors (Lipinski definition) is 1. The minimum absolute atomic E-state index is 0.528. The van der Waals surface area contributed by atoms with Crippen molar-refractivity contribution in [2.45, 2.75) is 6.92 Å². The van der Waals surface area contributed by atoms with Gasteiger partial charge >= 0.3 is 0 Å². The van der Waals surface area contributed by atoms with Crippen LogP contribution >= 0.6 is 23.2 Å². The summed E-state index contributed by atoms with van der Waals surface area (Å²) in [7, 11) is 0. The molecule has 2 aromatic rings. The smallest absolute Gasteiger partial charge is 0.229 e. The van der Waals surface area contributed by atoms with Crippen molar-refractivity contribution in [2.24, 2.45) is 0 Å². The van der Waals surface area contributed by atoms with Crippen molar-refractivity contribution >= 4 is 40.7 Å². The fourth-order valence-corrected chi connectivity index (χ4v) is 2.84. The second-order valence-corrected chi connectivity index (χ2v) is 5.95. The van der Waals surface area contributed by atoms with E-state index in [9.17, 15) is 0 Å². The number of nitrogens with one attached hydrogen (secondary N) is 1. The van der Waals surface area contributed by atoms with Gasteiger partial charge < -0.3 is 15.0 Å². The topological polar surface area (TPSA) is 50.3 Å². The third kappa shape index (κ3) is 3.80. The van der Waals surface area contributed by atoms with Gasteiger partial charge in [-0.2, -0.15) is 4.98 Å². The van der Waals surface area contributed by atoms with Crippen LogP contribution in [0.4, 0.5) is 17.5 Å². The number of anilines is 3.